The molecule has 74 valence electrons. The minimum atomic E-state index is -0.754. The van der Waals surface area contributed by atoms with E-state index >= 15 is 0 Å². The summed E-state index contributed by atoms with van der Waals surface area (Å²) in [5, 5.41) is 16.0. The van der Waals surface area contributed by atoms with Crippen molar-refractivity contribution in [3.05, 3.63) is 0 Å². The molecular formula is C6H10CdI2O4. The van der Waals surface area contributed by atoms with Gasteiger partial charge in [0.1, 0.15) is 7.85 Å². The van der Waals surface area contributed by atoms with Gasteiger partial charge in [-0.25, -0.2) is 0 Å². The van der Waals surface area contributed by atoms with Gasteiger partial charge in [0.2, 0.25) is 0 Å². The number of rotatable bonds is 2. The molecule has 0 bridgehead atoms. The fraction of sp³-hybridized carbons (Fsp3) is 0.667. The maximum absolute atomic E-state index is 9.69. The predicted octanol–water partition coefficient (Wildman–Crippen LogP) is 1.79. The van der Waals surface area contributed by atoms with Crippen molar-refractivity contribution in [1.82, 2.24) is 0 Å². The van der Waals surface area contributed by atoms with Gasteiger partial charge in [0, 0.05) is 27.3 Å². The molecule has 0 radical (unpaired) electrons. The Morgan fingerprint density at radius 2 is 1.08 bits per heavy atom. The van der Waals surface area contributed by atoms with Gasteiger partial charge in [-0.05, 0) is 13.8 Å². The molecule has 2 atom stereocenters. The molecule has 2 unspecified atom stereocenters. The Morgan fingerprint density at radius 3 is 1.08 bits per heavy atom. The van der Waals surface area contributed by atoms with Crippen LogP contribution in [0.1, 0.15) is 13.8 Å². The zero-order chi connectivity index (χ0) is 10.3. The Kier molecular flexibility index (Phi) is 17.4. The maximum atomic E-state index is 9.69. The summed E-state index contributed by atoms with van der Waals surface area (Å²) in [7, 11) is 0. The van der Waals surface area contributed by atoms with E-state index in [1.807, 2.05) is 45.2 Å². The van der Waals surface area contributed by atoms with Crippen molar-refractivity contribution >= 4 is 57.1 Å². The van der Waals surface area contributed by atoms with Gasteiger partial charge in [0.05, 0.1) is 0 Å². The van der Waals surface area contributed by atoms with Gasteiger partial charge in [-0.1, -0.05) is 45.2 Å². The molecule has 0 saturated carbocycles. The van der Waals surface area contributed by atoms with E-state index in [1.165, 1.54) is 0 Å². The second kappa shape index (κ2) is 11.4. The molecule has 0 fully saturated rings. The first kappa shape index (κ1) is 19.8. The van der Waals surface area contributed by atoms with Gasteiger partial charge >= 0.3 is 11.9 Å². The molecule has 0 aliphatic heterocycles. The van der Waals surface area contributed by atoms with Crippen molar-refractivity contribution < 1.29 is 47.1 Å². The summed E-state index contributed by atoms with van der Waals surface area (Å²) in [5.41, 5.74) is 0. The number of hydrogen-bond acceptors (Lipinski definition) is 2. The molecule has 0 rings (SSSR count). The third-order valence-corrected chi connectivity index (χ3v) is 1.75. The van der Waals surface area contributed by atoms with Crippen LogP contribution in [-0.4, -0.2) is 30.0 Å². The van der Waals surface area contributed by atoms with Gasteiger partial charge in [0.25, 0.3) is 0 Å². The predicted molar refractivity (Wildman–Crippen MR) is 62.2 cm³/mol. The number of aliphatic carboxylic acids is 2. The van der Waals surface area contributed by atoms with Crippen LogP contribution in [-0.2, 0) is 36.9 Å². The Hall–Kier alpha value is 1.32. The molecule has 0 saturated heterocycles. The van der Waals surface area contributed by atoms with Crippen LogP contribution in [0.5, 0.6) is 0 Å². The van der Waals surface area contributed by atoms with Gasteiger partial charge in [-0.15, -0.1) is 0 Å². The van der Waals surface area contributed by atoms with Crippen LogP contribution in [0.25, 0.3) is 0 Å². The first-order valence-electron chi connectivity index (χ1n) is 3.02. The average molecular weight is 512 g/mol. The molecule has 2 N–H and O–H groups in total. The maximum Gasteiger partial charge on any atom is 0.316 e. The normalized spacial score (nSPS) is 12.6. The number of carboxylic acids is 2. The van der Waals surface area contributed by atoms with E-state index in [0.717, 1.165) is 0 Å². The summed E-state index contributed by atoms with van der Waals surface area (Å²) >= 11 is 3.67. The minimum Gasteiger partial charge on any atom is -0.480 e. The van der Waals surface area contributed by atoms with Crippen LogP contribution in [0.4, 0.5) is 0 Å². The van der Waals surface area contributed by atoms with Crippen LogP contribution in [0.3, 0.4) is 0 Å². The Labute approximate surface area is 124 Å². The standard InChI is InChI=1S/2C3H5IO2.Cd/c2*1-2(4)3(5)6;/h2*2H,1H3,(H,5,6);. The second-order valence-corrected chi connectivity index (χ2v) is 5.65. The summed E-state index contributed by atoms with van der Waals surface area (Å²) in [6.07, 6.45) is 0. The topological polar surface area (TPSA) is 74.6 Å². The zero-order valence-electron chi connectivity index (χ0n) is 7.33. The first-order chi connectivity index (χ1) is 5.29. The van der Waals surface area contributed by atoms with Crippen molar-refractivity contribution in [3.63, 3.8) is 0 Å². The van der Waals surface area contributed by atoms with E-state index in [2.05, 4.69) is 0 Å². The monoisotopic (exact) mass is 514 g/mol. The SMILES string of the molecule is CC(I)C(=O)O.CC(I)C(=O)O.[Cd]. The third-order valence-electron chi connectivity index (χ3n) is 0.681. The quantitative estimate of drug-likeness (QED) is 0.336. The molecule has 0 aromatic heterocycles. The zero-order valence-corrected chi connectivity index (χ0v) is 15.7. The van der Waals surface area contributed by atoms with Crippen LogP contribution >= 0.6 is 45.2 Å². The molecule has 7 heteroatoms. The fourth-order valence-electron chi connectivity index (χ4n) is 0. The van der Waals surface area contributed by atoms with Crippen LogP contribution in [0.2, 0.25) is 0 Å². The van der Waals surface area contributed by atoms with Crippen LogP contribution in [0.15, 0.2) is 0 Å². The molecule has 0 spiro atoms. The van der Waals surface area contributed by atoms with Gasteiger partial charge in [-0.3, -0.25) is 9.59 Å². The molecule has 0 aliphatic carbocycles. The van der Waals surface area contributed by atoms with Gasteiger partial charge in [-0.2, -0.15) is 0 Å². The summed E-state index contributed by atoms with van der Waals surface area (Å²) in [4.78, 5) is 19.4. The molecule has 0 heterocycles. The Balaban J connectivity index is -0.000000143. The van der Waals surface area contributed by atoms with E-state index in [9.17, 15) is 9.59 Å². The van der Waals surface area contributed by atoms with Crippen LogP contribution in [0, 0.1) is 0 Å². The number of alkyl halides is 2. The number of halogens is 2. The van der Waals surface area contributed by atoms with Crippen molar-refractivity contribution in [2.45, 2.75) is 21.7 Å². The van der Waals surface area contributed by atoms with Crippen molar-refractivity contribution in [2.24, 2.45) is 0 Å². The van der Waals surface area contributed by atoms with Crippen LogP contribution < -0.4 is 0 Å². The van der Waals surface area contributed by atoms with E-state index in [1.54, 1.807) is 13.8 Å². The fourth-order valence-corrected chi connectivity index (χ4v) is 0. The van der Waals surface area contributed by atoms with E-state index in [4.69, 9.17) is 10.2 Å². The molecule has 0 amide bonds. The van der Waals surface area contributed by atoms with E-state index < -0.39 is 11.9 Å². The third kappa shape index (κ3) is 19.7. The molecule has 0 aliphatic rings. The van der Waals surface area contributed by atoms with Gasteiger partial charge < -0.3 is 10.2 Å². The summed E-state index contributed by atoms with van der Waals surface area (Å²) < 4.78 is -0.523. The molecule has 4 nitrogen and oxygen atoms in total. The molecule has 13 heavy (non-hydrogen) atoms. The molecular weight excluding hydrogens is 502 g/mol. The molecule has 0 aromatic carbocycles. The molecule has 0 aromatic rings. The van der Waals surface area contributed by atoms with Crippen molar-refractivity contribution in [3.8, 4) is 0 Å². The van der Waals surface area contributed by atoms with E-state index in [0.29, 0.717) is 0 Å². The summed E-state index contributed by atoms with van der Waals surface area (Å²) in [5.74, 6) is -1.51. The van der Waals surface area contributed by atoms with Crippen molar-refractivity contribution in [1.29, 1.82) is 0 Å². The smallest absolute Gasteiger partial charge is 0.316 e. The number of hydrogen-bond donors (Lipinski definition) is 2. The number of carboxylic acid groups (broad SMARTS) is 2. The Bertz CT molecular complexity index is 143. The van der Waals surface area contributed by atoms with Crippen molar-refractivity contribution in [2.75, 3.05) is 0 Å². The average Bonchev–Trinajstić information content (AvgIpc) is 1.88. The Morgan fingerprint density at radius 1 is 1.00 bits per heavy atom. The number of carbonyl (C=O) groups is 2. The van der Waals surface area contributed by atoms with E-state index in [-0.39, 0.29) is 35.1 Å². The van der Waals surface area contributed by atoms with Gasteiger partial charge in [0.15, 0.2) is 0 Å². The second-order valence-electron chi connectivity index (χ2n) is 1.91. The first-order valence-corrected chi connectivity index (χ1v) is 5.52. The summed E-state index contributed by atoms with van der Waals surface area (Å²) in [6, 6.07) is 0. The summed E-state index contributed by atoms with van der Waals surface area (Å²) in [6.45, 7) is 3.26. The largest absolute Gasteiger partial charge is 0.480 e. The minimum absolute atomic E-state index is 0.